The van der Waals surface area contributed by atoms with Crippen molar-refractivity contribution in [3.63, 3.8) is 0 Å². The SMILES string of the molecule is CC(C)n1c(SCC(=O)O)nc2cc(F)ccc21. The number of hydrogen-bond donors (Lipinski definition) is 1. The Hall–Kier alpha value is -1.56. The van der Waals surface area contributed by atoms with Crippen LogP contribution >= 0.6 is 11.8 Å². The number of hydrogen-bond acceptors (Lipinski definition) is 3. The van der Waals surface area contributed by atoms with E-state index in [-0.39, 0.29) is 17.6 Å². The van der Waals surface area contributed by atoms with Crippen LogP contribution in [0.3, 0.4) is 0 Å². The van der Waals surface area contributed by atoms with Crippen molar-refractivity contribution < 1.29 is 14.3 Å². The monoisotopic (exact) mass is 268 g/mol. The Morgan fingerprint density at radius 2 is 2.28 bits per heavy atom. The van der Waals surface area contributed by atoms with E-state index in [2.05, 4.69) is 4.98 Å². The summed E-state index contributed by atoms with van der Waals surface area (Å²) in [5, 5.41) is 9.31. The number of imidazole rings is 1. The second-order valence-corrected chi connectivity index (χ2v) is 5.12. The molecule has 96 valence electrons. The lowest BCUT2D eigenvalue weighted by Crippen LogP contribution is -2.05. The minimum absolute atomic E-state index is 0.0570. The highest BCUT2D eigenvalue weighted by molar-refractivity contribution is 7.99. The zero-order valence-electron chi connectivity index (χ0n) is 10.1. The van der Waals surface area contributed by atoms with Crippen molar-refractivity contribution >= 4 is 28.8 Å². The third-order valence-electron chi connectivity index (χ3n) is 2.46. The van der Waals surface area contributed by atoms with Crippen LogP contribution < -0.4 is 0 Å². The van der Waals surface area contributed by atoms with E-state index < -0.39 is 5.97 Å². The summed E-state index contributed by atoms with van der Waals surface area (Å²) in [5.41, 5.74) is 1.37. The fraction of sp³-hybridized carbons (Fsp3) is 0.333. The average Bonchev–Trinajstić information content (AvgIpc) is 2.63. The summed E-state index contributed by atoms with van der Waals surface area (Å²) in [7, 11) is 0. The number of aliphatic carboxylic acids is 1. The quantitative estimate of drug-likeness (QED) is 0.866. The Kier molecular flexibility index (Phi) is 3.56. The Bertz CT molecular complexity index is 595. The summed E-state index contributed by atoms with van der Waals surface area (Å²) >= 11 is 1.14. The molecule has 0 aliphatic carbocycles. The molecular weight excluding hydrogens is 255 g/mol. The molecule has 0 saturated carbocycles. The molecule has 0 aliphatic rings. The van der Waals surface area contributed by atoms with Gasteiger partial charge in [-0.2, -0.15) is 0 Å². The van der Waals surface area contributed by atoms with E-state index in [4.69, 9.17) is 5.11 Å². The molecule has 6 heteroatoms. The van der Waals surface area contributed by atoms with E-state index in [0.29, 0.717) is 10.7 Å². The minimum atomic E-state index is -0.895. The van der Waals surface area contributed by atoms with E-state index >= 15 is 0 Å². The predicted molar refractivity (Wildman–Crippen MR) is 68.4 cm³/mol. The Morgan fingerprint density at radius 3 is 2.89 bits per heavy atom. The maximum atomic E-state index is 13.1. The molecule has 0 fully saturated rings. The van der Waals surface area contributed by atoms with E-state index in [1.807, 2.05) is 18.4 Å². The third kappa shape index (κ3) is 2.48. The van der Waals surface area contributed by atoms with Crippen LogP contribution in [0.25, 0.3) is 11.0 Å². The summed E-state index contributed by atoms with van der Waals surface area (Å²) in [6, 6.07) is 4.55. The molecule has 18 heavy (non-hydrogen) atoms. The number of carboxylic acids is 1. The lowest BCUT2D eigenvalue weighted by atomic mass is 10.3. The second-order valence-electron chi connectivity index (χ2n) is 4.17. The number of aromatic nitrogens is 2. The number of rotatable bonds is 4. The average molecular weight is 268 g/mol. The smallest absolute Gasteiger partial charge is 0.313 e. The standard InChI is InChI=1S/C12H13FN2O2S/c1-7(2)15-10-4-3-8(13)5-9(10)14-12(15)18-6-11(16)17/h3-5,7H,6H2,1-2H3,(H,16,17). The van der Waals surface area contributed by atoms with Gasteiger partial charge in [-0.3, -0.25) is 4.79 Å². The van der Waals surface area contributed by atoms with Crippen LogP contribution in [0.4, 0.5) is 4.39 Å². The highest BCUT2D eigenvalue weighted by atomic mass is 32.2. The summed E-state index contributed by atoms with van der Waals surface area (Å²) < 4.78 is 15.1. The molecule has 0 atom stereocenters. The van der Waals surface area contributed by atoms with Gasteiger partial charge >= 0.3 is 5.97 Å². The van der Waals surface area contributed by atoms with Crippen LogP contribution in [0.5, 0.6) is 0 Å². The van der Waals surface area contributed by atoms with Crippen molar-refractivity contribution in [2.75, 3.05) is 5.75 Å². The van der Waals surface area contributed by atoms with E-state index in [1.165, 1.54) is 12.1 Å². The molecule has 0 bridgehead atoms. The number of thioether (sulfide) groups is 1. The van der Waals surface area contributed by atoms with Gasteiger partial charge in [0.05, 0.1) is 16.8 Å². The molecule has 1 N–H and O–H groups in total. The predicted octanol–water partition coefficient (Wildman–Crippen LogP) is 2.93. The molecule has 0 amide bonds. The zero-order chi connectivity index (χ0) is 13.3. The topological polar surface area (TPSA) is 55.1 Å². The fourth-order valence-electron chi connectivity index (χ4n) is 1.78. The first-order chi connectivity index (χ1) is 8.49. The van der Waals surface area contributed by atoms with Crippen LogP contribution in [0.15, 0.2) is 23.4 Å². The third-order valence-corrected chi connectivity index (χ3v) is 3.40. The largest absolute Gasteiger partial charge is 0.481 e. The molecule has 0 radical (unpaired) electrons. The van der Waals surface area contributed by atoms with E-state index in [9.17, 15) is 9.18 Å². The van der Waals surface area contributed by atoms with Crippen molar-refractivity contribution in [3.05, 3.63) is 24.0 Å². The summed E-state index contributed by atoms with van der Waals surface area (Å²) in [6.45, 7) is 3.96. The Balaban J connectivity index is 2.50. The van der Waals surface area contributed by atoms with Gasteiger partial charge in [0.1, 0.15) is 5.82 Å². The number of carboxylic acid groups (broad SMARTS) is 1. The summed E-state index contributed by atoms with van der Waals surface area (Å²) in [4.78, 5) is 14.9. The lowest BCUT2D eigenvalue weighted by molar-refractivity contribution is -0.133. The van der Waals surface area contributed by atoms with Gasteiger partial charge in [-0.15, -0.1) is 0 Å². The molecule has 1 aromatic heterocycles. The molecule has 0 spiro atoms. The number of carbonyl (C=O) groups is 1. The highest BCUT2D eigenvalue weighted by Crippen LogP contribution is 2.28. The number of benzene rings is 1. The second kappa shape index (κ2) is 4.97. The van der Waals surface area contributed by atoms with Gasteiger partial charge < -0.3 is 9.67 Å². The van der Waals surface area contributed by atoms with Crippen molar-refractivity contribution in [2.45, 2.75) is 25.0 Å². The summed E-state index contributed by atoms with van der Waals surface area (Å²) in [6.07, 6.45) is 0. The molecular formula is C12H13FN2O2S. The van der Waals surface area contributed by atoms with Crippen LogP contribution in [-0.2, 0) is 4.79 Å². The minimum Gasteiger partial charge on any atom is -0.481 e. The number of fused-ring (bicyclic) bond motifs is 1. The number of nitrogens with zero attached hydrogens (tertiary/aromatic N) is 2. The molecule has 4 nitrogen and oxygen atoms in total. The van der Waals surface area contributed by atoms with Gasteiger partial charge in [0.15, 0.2) is 5.16 Å². The van der Waals surface area contributed by atoms with Gasteiger partial charge in [-0.25, -0.2) is 9.37 Å². The molecule has 2 rings (SSSR count). The Labute approximate surface area is 108 Å². The van der Waals surface area contributed by atoms with E-state index in [0.717, 1.165) is 17.3 Å². The number of halogens is 1. The maximum absolute atomic E-state index is 13.1. The van der Waals surface area contributed by atoms with Gasteiger partial charge in [-0.1, -0.05) is 11.8 Å². The van der Waals surface area contributed by atoms with Crippen LogP contribution in [-0.4, -0.2) is 26.4 Å². The molecule has 0 saturated heterocycles. The van der Waals surface area contributed by atoms with E-state index in [1.54, 1.807) is 6.07 Å². The normalized spacial score (nSPS) is 11.3. The first-order valence-corrected chi connectivity index (χ1v) is 6.49. The lowest BCUT2D eigenvalue weighted by Gasteiger charge is -2.11. The molecule has 1 aromatic carbocycles. The fourth-order valence-corrected chi connectivity index (χ4v) is 2.64. The van der Waals surface area contributed by atoms with Gasteiger partial charge in [-0.05, 0) is 26.0 Å². The van der Waals surface area contributed by atoms with Crippen LogP contribution in [0.1, 0.15) is 19.9 Å². The summed E-state index contributed by atoms with van der Waals surface area (Å²) in [5.74, 6) is -1.29. The molecule has 0 unspecified atom stereocenters. The molecule has 1 heterocycles. The first-order valence-electron chi connectivity index (χ1n) is 5.51. The first kappa shape index (κ1) is 12.9. The van der Waals surface area contributed by atoms with Crippen LogP contribution in [0, 0.1) is 5.82 Å². The van der Waals surface area contributed by atoms with Crippen molar-refractivity contribution in [1.82, 2.24) is 9.55 Å². The van der Waals surface area contributed by atoms with Gasteiger partial charge in [0, 0.05) is 12.1 Å². The molecule has 2 aromatic rings. The van der Waals surface area contributed by atoms with Crippen molar-refractivity contribution in [3.8, 4) is 0 Å². The zero-order valence-corrected chi connectivity index (χ0v) is 10.9. The Morgan fingerprint density at radius 1 is 1.56 bits per heavy atom. The molecule has 0 aliphatic heterocycles. The van der Waals surface area contributed by atoms with Gasteiger partial charge in [0.2, 0.25) is 0 Å². The van der Waals surface area contributed by atoms with Crippen molar-refractivity contribution in [1.29, 1.82) is 0 Å². The maximum Gasteiger partial charge on any atom is 0.313 e. The van der Waals surface area contributed by atoms with Gasteiger partial charge in [0.25, 0.3) is 0 Å². The highest BCUT2D eigenvalue weighted by Gasteiger charge is 2.15. The van der Waals surface area contributed by atoms with Crippen LogP contribution in [0.2, 0.25) is 0 Å². The van der Waals surface area contributed by atoms with Crippen molar-refractivity contribution in [2.24, 2.45) is 0 Å².